The zero-order valence-electron chi connectivity index (χ0n) is 10.2. The highest BCUT2D eigenvalue weighted by molar-refractivity contribution is 7.99. The number of benzene rings is 1. The van der Waals surface area contributed by atoms with Gasteiger partial charge in [-0.1, -0.05) is 24.6 Å². The average molecular weight is 279 g/mol. The quantitative estimate of drug-likeness (QED) is 0.899. The Morgan fingerprint density at radius 2 is 2.33 bits per heavy atom. The minimum Gasteiger partial charge on any atom is -0.298 e. The summed E-state index contributed by atoms with van der Waals surface area (Å²) in [5.41, 5.74) is 2.27. The predicted octanol–water partition coefficient (Wildman–Crippen LogP) is 4.00. The van der Waals surface area contributed by atoms with E-state index in [0.717, 1.165) is 21.7 Å². The summed E-state index contributed by atoms with van der Waals surface area (Å²) in [5, 5.41) is 5.80. The third-order valence-corrected chi connectivity index (χ3v) is 5.02. The first-order valence-electron chi connectivity index (χ1n) is 6.20. The fourth-order valence-electron chi connectivity index (χ4n) is 2.31. The molecule has 0 aliphatic carbocycles. The molecule has 18 heavy (non-hydrogen) atoms. The van der Waals surface area contributed by atoms with E-state index in [4.69, 9.17) is 11.6 Å². The first kappa shape index (κ1) is 12.3. The first-order valence-corrected chi connectivity index (χ1v) is 7.63. The van der Waals surface area contributed by atoms with Gasteiger partial charge in [0.1, 0.15) is 0 Å². The Bertz CT molecular complexity index is 573. The van der Waals surface area contributed by atoms with Crippen LogP contribution in [0, 0.1) is 0 Å². The number of aromatic nitrogens is 1. The second kappa shape index (κ2) is 5.08. The van der Waals surface area contributed by atoms with E-state index in [2.05, 4.69) is 23.3 Å². The van der Waals surface area contributed by atoms with Crippen LogP contribution in [0.1, 0.15) is 24.3 Å². The summed E-state index contributed by atoms with van der Waals surface area (Å²) in [6, 6.07) is 8.64. The average Bonchev–Trinajstić information content (AvgIpc) is 2.88. The van der Waals surface area contributed by atoms with Gasteiger partial charge in [-0.25, -0.2) is 0 Å². The number of rotatable bonds is 2. The summed E-state index contributed by atoms with van der Waals surface area (Å²) >= 11 is 8.18. The molecular weight excluding hydrogens is 264 g/mol. The van der Waals surface area contributed by atoms with Crippen LogP contribution in [-0.2, 0) is 0 Å². The Balaban J connectivity index is 2.05. The Labute approximate surface area is 116 Å². The van der Waals surface area contributed by atoms with Crippen LogP contribution in [-0.4, -0.2) is 16.8 Å². The van der Waals surface area contributed by atoms with Gasteiger partial charge in [-0.05, 0) is 24.6 Å². The van der Waals surface area contributed by atoms with Crippen molar-refractivity contribution in [1.82, 2.24) is 10.3 Å². The van der Waals surface area contributed by atoms with Crippen molar-refractivity contribution in [3.63, 3.8) is 0 Å². The van der Waals surface area contributed by atoms with Crippen molar-refractivity contribution in [3.8, 4) is 0 Å². The first-order chi connectivity index (χ1) is 8.79. The van der Waals surface area contributed by atoms with Crippen molar-refractivity contribution in [2.24, 2.45) is 0 Å². The molecule has 4 heteroatoms. The number of halogens is 1. The largest absolute Gasteiger partial charge is 0.298 e. The molecule has 0 radical (unpaired) electrons. The number of thioether (sulfide) groups is 1. The Kier molecular flexibility index (Phi) is 3.46. The summed E-state index contributed by atoms with van der Waals surface area (Å²) in [6.07, 6.45) is 3.00. The fourth-order valence-corrected chi connectivity index (χ4v) is 3.94. The molecule has 2 heterocycles. The fraction of sp³-hybridized carbons (Fsp3) is 0.357. The van der Waals surface area contributed by atoms with E-state index in [9.17, 15) is 0 Å². The van der Waals surface area contributed by atoms with E-state index in [-0.39, 0.29) is 0 Å². The maximum Gasteiger partial charge on any atom is 0.0813 e. The van der Waals surface area contributed by atoms with Gasteiger partial charge in [0.15, 0.2) is 0 Å². The van der Waals surface area contributed by atoms with E-state index in [1.807, 2.05) is 36.2 Å². The van der Waals surface area contributed by atoms with Gasteiger partial charge in [0, 0.05) is 34.0 Å². The maximum atomic E-state index is 6.22. The van der Waals surface area contributed by atoms with Crippen LogP contribution in [0.2, 0.25) is 5.02 Å². The molecule has 3 rings (SSSR count). The third kappa shape index (κ3) is 2.11. The van der Waals surface area contributed by atoms with Crippen LogP contribution in [0.15, 0.2) is 30.5 Å². The molecule has 0 spiro atoms. The highest BCUT2D eigenvalue weighted by Crippen LogP contribution is 2.37. The van der Waals surface area contributed by atoms with Crippen LogP contribution in [0.4, 0.5) is 0 Å². The van der Waals surface area contributed by atoms with Crippen LogP contribution in [0.3, 0.4) is 0 Å². The lowest BCUT2D eigenvalue weighted by molar-refractivity contribution is 0.562. The van der Waals surface area contributed by atoms with Crippen molar-refractivity contribution in [1.29, 1.82) is 0 Å². The number of pyridine rings is 1. The van der Waals surface area contributed by atoms with E-state index < -0.39 is 0 Å². The highest BCUT2D eigenvalue weighted by Gasteiger charge is 2.26. The Morgan fingerprint density at radius 1 is 1.44 bits per heavy atom. The third-order valence-electron chi connectivity index (χ3n) is 3.37. The van der Waals surface area contributed by atoms with Gasteiger partial charge in [0.2, 0.25) is 0 Å². The minimum atomic E-state index is 0.338. The number of nitrogens with zero attached hydrogens (tertiary/aromatic N) is 1. The summed E-state index contributed by atoms with van der Waals surface area (Å²) in [4.78, 5) is 4.50. The summed E-state index contributed by atoms with van der Waals surface area (Å²) in [7, 11) is 0. The molecule has 0 bridgehead atoms. The van der Waals surface area contributed by atoms with Gasteiger partial charge < -0.3 is 0 Å². The number of hydrogen-bond donors (Lipinski definition) is 1. The zero-order chi connectivity index (χ0) is 12.5. The molecule has 1 aliphatic rings. The second-order valence-electron chi connectivity index (χ2n) is 4.52. The lowest BCUT2D eigenvalue weighted by Gasteiger charge is -2.14. The molecule has 1 aromatic heterocycles. The van der Waals surface area contributed by atoms with Crippen molar-refractivity contribution >= 4 is 34.3 Å². The summed E-state index contributed by atoms with van der Waals surface area (Å²) < 4.78 is 0. The van der Waals surface area contributed by atoms with Crippen molar-refractivity contribution in [3.05, 3.63) is 41.0 Å². The van der Waals surface area contributed by atoms with E-state index in [1.54, 1.807) is 0 Å². The molecule has 1 N–H and O–H groups in total. The van der Waals surface area contributed by atoms with Gasteiger partial charge in [-0.2, -0.15) is 0 Å². The molecule has 2 aromatic rings. The number of hydrogen-bond acceptors (Lipinski definition) is 3. The number of nitrogens with one attached hydrogen (secondary N) is 1. The minimum absolute atomic E-state index is 0.338. The van der Waals surface area contributed by atoms with Gasteiger partial charge in [0.25, 0.3) is 0 Å². The highest BCUT2D eigenvalue weighted by atomic mass is 35.5. The number of fused-ring (bicyclic) bond motifs is 1. The van der Waals surface area contributed by atoms with E-state index in [0.29, 0.717) is 11.4 Å². The lowest BCUT2D eigenvalue weighted by Crippen LogP contribution is -2.24. The molecule has 94 valence electrons. The van der Waals surface area contributed by atoms with Crippen molar-refractivity contribution in [2.45, 2.75) is 24.8 Å². The van der Waals surface area contributed by atoms with Gasteiger partial charge in [-0.15, -0.1) is 11.8 Å². The molecule has 2 atom stereocenters. The molecule has 1 saturated heterocycles. The SMILES string of the molecule is CCC1CSC(c2ccc(Cl)c3cccnc23)N1. The van der Waals surface area contributed by atoms with Crippen LogP contribution in [0.25, 0.3) is 10.9 Å². The summed E-state index contributed by atoms with van der Waals surface area (Å²) in [6.45, 7) is 2.22. The monoisotopic (exact) mass is 278 g/mol. The van der Waals surface area contributed by atoms with Gasteiger partial charge in [-0.3, -0.25) is 10.3 Å². The maximum absolute atomic E-state index is 6.22. The van der Waals surface area contributed by atoms with Crippen LogP contribution in [0.5, 0.6) is 0 Å². The molecule has 0 amide bonds. The van der Waals surface area contributed by atoms with Gasteiger partial charge in [0.05, 0.1) is 10.9 Å². The normalized spacial score (nSPS) is 23.7. The Hall–Kier alpha value is -0.770. The zero-order valence-corrected chi connectivity index (χ0v) is 11.8. The van der Waals surface area contributed by atoms with Crippen LogP contribution >= 0.6 is 23.4 Å². The lowest BCUT2D eigenvalue weighted by atomic mass is 10.1. The van der Waals surface area contributed by atoms with Gasteiger partial charge >= 0.3 is 0 Å². The summed E-state index contributed by atoms with van der Waals surface area (Å²) in [5.74, 6) is 1.16. The molecule has 2 unspecified atom stereocenters. The van der Waals surface area contributed by atoms with Crippen LogP contribution < -0.4 is 5.32 Å². The topological polar surface area (TPSA) is 24.9 Å². The molecule has 1 fully saturated rings. The van der Waals surface area contributed by atoms with Crippen molar-refractivity contribution in [2.75, 3.05) is 5.75 Å². The smallest absolute Gasteiger partial charge is 0.0813 e. The van der Waals surface area contributed by atoms with Crippen molar-refractivity contribution < 1.29 is 0 Å². The molecule has 0 saturated carbocycles. The molecule has 1 aromatic carbocycles. The standard InChI is InChI=1S/C14H15ClN2S/c1-2-9-8-18-14(17-9)11-5-6-12(15)10-4-3-7-16-13(10)11/h3-7,9,14,17H,2,8H2,1H3. The Morgan fingerprint density at radius 3 is 3.11 bits per heavy atom. The second-order valence-corrected chi connectivity index (χ2v) is 6.07. The molecule has 1 aliphatic heterocycles. The van der Waals surface area contributed by atoms with E-state index >= 15 is 0 Å². The predicted molar refractivity (Wildman–Crippen MR) is 79.2 cm³/mol. The van der Waals surface area contributed by atoms with E-state index in [1.165, 1.54) is 12.0 Å². The molecule has 2 nitrogen and oxygen atoms in total. The molecular formula is C14H15ClN2S.